The highest BCUT2D eigenvalue weighted by molar-refractivity contribution is 6.61. The van der Waals surface area contributed by atoms with Gasteiger partial charge in [0.25, 0.3) is 11.8 Å². The van der Waals surface area contributed by atoms with Gasteiger partial charge in [0.15, 0.2) is 11.6 Å². The second-order valence-electron chi connectivity index (χ2n) is 6.34. The fraction of sp³-hybridized carbons (Fsp3) is 0.150. The van der Waals surface area contributed by atoms with Crippen LogP contribution in [0.1, 0.15) is 0 Å². The molecule has 0 spiro atoms. The van der Waals surface area contributed by atoms with E-state index in [-0.39, 0.29) is 5.69 Å². The fourth-order valence-corrected chi connectivity index (χ4v) is 2.90. The zero-order valence-electron chi connectivity index (χ0n) is 16.7. The van der Waals surface area contributed by atoms with E-state index in [1.54, 1.807) is 36.4 Å². The molecule has 0 unspecified atom stereocenters. The van der Waals surface area contributed by atoms with E-state index in [2.05, 4.69) is 15.5 Å². The summed E-state index contributed by atoms with van der Waals surface area (Å²) in [5, 5.41) is 9.71. The maximum atomic E-state index is 13.1. The summed E-state index contributed by atoms with van der Waals surface area (Å²) in [5.41, 5.74) is 10.8. The van der Waals surface area contributed by atoms with Crippen LogP contribution >= 0.6 is 0 Å². The number of carbonyl (C=O) groups is 3. The first-order valence-electron chi connectivity index (χ1n) is 8.99. The van der Waals surface area contributed by atoms with Gasteiger partial charge in [0, 0.05) is 5.69 Å². The van der Waals surface area contributed by atoms with Gasteiger partial charge in [-0.1, -0.05) is 0 Å². The van der Waals surface area contributed by atoms with Crippen LogP contribution in [0.4, 0.5) is 11.4 Å². The first-order chi connectivity index (χ1) is 14.8. The summed E-state index contributed by atoms with van der Waals surface area (Å²) in [4.78, 5) is 39.7. The Morgan fingerprint density at radius 1 is 0.968 bits per heavy atom. The number of hydrogen-bond acceptors (Lipinski definition) is 7. The number of benzene rings is 2. The number of rotatable bonds is 6. The maximum Gasteiger partial charge on any atom is 0.282 e. The van der Waals surface area contributed by atoms with Crippen LogP contribution in [0.15, 0.2) is 58.7 Å². The number of anilines is 2. The molecule has 160 valence electrons. The average Bonchev–Trinajstić information content (AvgIpc) is 3.02. The van der Waals surface area contributed by atoms with Crippen molar-refractivity contribution in [3.8, 4) is 11.5 Å². The summed E-state index contributed by atoms with van der Waals surface area (Å²) in [5.74, 6) is -3.20. The van der Waals surface area contributed by atoms with Crippen molar-refractivity contribution >= 4 is 40.8 Å². The Bertz CT molecular complexity index is 1060. The quantitative estimate of drug-likeness (QED) is 0.199. The van der Waals surface area contributed by atoms with Crippen LogP contribution in [0.25, 0.3) is 0 Å². The lowest BCUT2D eigenvalue weighted by Gasteiger charge is -2.14. The fourth-order valence-electron chi connectivity index (χ4n) is 2.90. The van der Waals surface area contributed by atoms with Crippen LogP contribution < -0.4 is 31.2 Å². The minimum atomic E-state index is -1.54. The number of ether oxygens (including phenoxy) is 2. The van der Waals surface area contributed by atoms with E-state index in [0.717, 1.165) is 4.90 Å². The van der Waals surface area contributed by atoms with E-state index >= 15 is 0 Å². The molecule has 3 amide bonds. The molecule has 1 atom stereocenters. The molecular formula is C20H20N6O5. The van der Waals surface area contributed by atoms with Crippen LogP contribution in [0.5, 0.6) is 11.5 Å². The van der Waals surface area contributed by atoms with Gasteiger partial charge < -0.3 is 26.3 Å². The number of hydrogen-bond donors (Lipinski definition) is 3. The summed E-state index contributed by atoms with van der Waals surface area (Å²) < 4.78 is 10.2. The minimum Gasteiger partial charge on any atom is -0.497 e. The maximum absolute atomic E-state index is 13.1. The highest BCUT2D eigenvalue weighted by atomic mass is 16.5. The molecule has 2 aromatic carbocycles. The Balaban J connectivity index is 1.95. The van der Waals surface area contributed by atoms with E-state index in [1.807, 2.05) is 0 Å². The van der Waals surface area contributed by atoms with Crippen LogP contribution in [0.2, 0.25) is 0 Å². The van der Waals surface area contributed by atoms with Gasteiger partial charge in [0.2, 0.25) is 11.9 Å². The van der Waals surface area contributed by atoms with E-state index < -0.39 is 35.3 Å². The predicted octanol–water partition coefficient (Wildman–Crippen LogP) is 0.461. The lowest BCUT2D eigenvalue weighted by atomic mass is 10.0. The van der Waals surface area contributed by atoms with Crippen molar-refractivity contribution in [1.29, 1.82) is 0 Å². The zero-order valence-corrected chi connectivity index (χ0v) is 16.7. The molecule has 2 aromatic rings. The Labute approximate surface area is 177 Å². The van der Waals surface area contributed by atoms with Crippen molar-refractivity contribution in [2.75, 3.05) is 24.4 Å². The standard InChI is InChI=1S/C20H20N6O5/c1-30-13-7-3-11(4-8-13)23-17(27)15-16(24-25-20(21)22)19(29)26(18(15)28)12-5-9-14(31-2)10-6-12/h3-10,15H,1-2H3,(H,23,27)(H4,21,22,25)/b24-16-/t15-/m1/s1. The topological polar surface area (TPSA) is 162 Å². The van der Waals surface area contributed by atoms with Gasteiger partial charge in [-0.15, -0.1) is 10.2 Å². The molecule has 0 saturated carbocycles. The first-order valence-corrected chi connectivity index (χ1v) is 8.99. The number of nitrogens with zero attached hydrogens (tertiary/aromatic N) is 3. The van der Waals surface area contributed by atoms with Gasteiger partial charge in [-0.2, -0.15) is 0 Å². The molecule has 3 rings (SSSR count). The Morgan fingerprint density at radius 2 is 1.52 bits per heavy atom. The number of methoxy groups -OCH3 is 2. The van der Waals surface area contributed by atoms with E-state index in [4.69, 9.17) is 20.9 Å². The summed E-state index contributed by atoms with van der Waals surface area (Å²) in [6.07, 6.45) is 0. The lowest BCUT2D eigenvalue weighted by molar-refractivity contribution is -0.127. The van der Waals surface area contributed by atoms with Gasteiger partial charge in [0.05, 0.1) is 19.9 Å². The van der Waals surface area contributed by atoms with Crippen molar-refractivity contribution < 1.29 is 23.9 Å². The Hall–Kier alpha value is -4.41. The van der Waals surface area contributed by atoms with Crippen LogP contribution in [0.3, 0.4) is 0 Å². The minimum absolute atomic E-state index is 0.243. The molecule has 5 N–H and O–H groups in total. The molecule has 0 bridgehead atoms. The SMILES string of the molecule is COc1ccc(NC(=O)[C@@H]2C(=O)N(c3ccc(OC)cc3)C(=O)/C2=N\N=C(N)N)cc1. The number of carbonyl (C=O) groups excluding carboxylic acids is 3. The van der Waals surface area contributed by atoms with E-state index in [1.165, 1.54) is 26.4 Å². The molecule has 1 heterocycles. The molecule has 0 aromatic heterocycles. The number of amides is 3. The second-order valence-corrected chi connectivity index (χ2v) is 6.34. The normalized spacial score (nSPS) is 16.9. The summed E-state index contributed by atoms with van der Waals surface area (Å²) in [6, 6.07) is 12.6. The lowest BCUT2D eigenvalue weighted by Crippen LogP contribution is -2.34. The average molecular weight is 424 g/mol. The van der Waals surface area contributed by atoms with E-state index in [9.17, 15) is 14.4 Å². The number of guanidine groups is 1. The van der Waals surface area contributed by atoms with Gasteiger partial charge in [-0.05, 0) is 48.5 Å². The van der Waals surface area contributed by atoms with Crippen LogP contribution in [0, 0.1) is 5.92 Å². The molecular weight excluding hydrogens is 404 g/mol. The molecule has 1 fully saturated rings. The highest BCUT2D eigenvalue weighted by Gasteiger charge is 2.50. The van der Waals surface area contributed by atoms with Crippen molar-refractivity contribution in [3.05, 3.63) is 48.5 Å². The number of nitrogens with one attached hydrogen (secondary N) is 1. The van der Waals surface area contributed by atoms with E-state index in [0.29, 0.717) is 17.2 Å². The number of nitrogens with two attached hydrogens (primary N) is 2. The summed E-state index contributed by atoms with van der Waals surface area (Å²) in [7, 11) is 3.00. The van der Waals surface area contributed by atoms with Crippen LogP contribution in [-0.4, -0.2) is 43.6 Å². The van der Waals surface area contributed by atoms with Crippen molar-refractivity contribution in [3.63, 3.8) is 0 Å². The third kappa shape index (κ3) is 4.45. The second kappa shape index (κ2) is 8.95. The third-order valence-corrected chi connectivity index (χ3v) is 4.39. The number of imide groups is 1. The Morgan fingerprint density at radius 3 is 2.03 bits per heavy atom. The van der Waals surface area contributed by atoms with Gasteiger partial charge >= 0.3 is 0 Å². The highest BCUT2D eigenvalue weighted by Crippen LogP contribution is 2.28. The third-order valence-electron chi connectivity index (χ3n) is 4.39. The molecule has 11 heteroatoms. The summed E-state index contributed by atoms with van der Waals surface area (Å²) >= 11 is 0. The molecule has 1 aliphatic rings. The molecule has 0 radical (unpaired) electrons. The van der Waals surface area contributed by atoms with Gasteiger partial charge in [0.1, 0.15) is 11.5 Å². The van der Waals surface area contributed by atoms with Gasteiger partial charge in [-0.3, -0.25) is 14.4 Å². The molecule has 1 saturated heterocycles. The largest absolute Gasteiger partial charge is 0.497 e. The summed E-state index contributed by atoms with van der Waals surface area (Å²) in [6.45, 7) is 0. The molecule has 0 aliphatic carbocycles. The molecule has 31 heavy (non-hydrogen) atoms. The van der Waals surface area contributed by atoms with Crippen LogP contribution in [-0.2, 0) is 14.4 Å². The first kappa shape index (κ1) is 21.3. The van der Waals surface area contributed by atoms with Crippen molar-refractivity contribution in [2.24, 2.45) is 27.6 Å². The molecule has 1 aliphatic heterocycles. The van der Waals surface area contributed by atoms with Crippen molar-refractivity contribution in [1.82, 2.24) is 0 Å². The molecule has 11 nitrogen and oxygen atoms in total. The smallest absolute Gasteiger partial charge is 0.282 e. The Kier molecular flexibility index (Phi) is 6.15. The predicted molar refractivity (Wildman–Crippen MR) is 114 cm³/mol. The zero-order chi connectivity index (χ0) is 22.5. The van der Waals surface area contributed by atoms with Crippen molar-refractivity contribution in [2.45, 2.75) is 0 Å². The van der Waals surface area contributed by atoms with Gasteiger partial charge in [-0.25, -0.2) is 4.90 Å². The monoisotopic (exact) mass is 424 g/mol.